The fourth-order valence-corrected chi connectivity index (χ4v) is 1.60. The van der Waals surface area contributed by atoms with Gasteiger partial charge >= 0.3 is 0 Å². The lowest BCUT2D eigenvalue weighted by Gasteiger charge is -2.20. The Labute approximate surface area is 100 Å². The first kappa shape index (κ1) is 13.4. The van der Waals surface area contributed by atoms with Crippen LogP contribution in [0.15, 0.2) is 30.9 Å². The van der Waals surface area contributed by atoms with Gasteiger partial charge in [-0.3, -0.25) is 4.90 Å². The normalized spacial score (nSPS) is 10.2. The summed E-state index contributed by atoms with van der Waals surface area (Å²) in [4.78, 5) is 1.89. The highest BCUT2D eigenvalue weighted by Crippen LogP contribution is 2.13. The van der Waals surface area contributed by atoms with Gasteiger partial charge in [0.15, 0.2) is 0 Å². The minimum Gasteiger partial charge on any atom is -0.395 e. The summed E-state index contributed by atoms with van der Waals surface area (Å²) in [6.07, 6.45) is 1.71. The maximum atomic E-state index is 13.1. The molecule has 3 nitrogen and oxygen atoms in total. The summed E-state index contributed by atoms with van der Waals surface area (Å²) < 4.78 is 13.1. The Morgan fingerprint density at radius 3 is 2.88 bits per heavy atom. The smallest absolute Gasteiger partial charge is 0.123 e. The molecule has 1 aromatic rings. The molecular formula is C13H15FN2O. The third-order valence-corrected chi connectivity index (χ3v) is 2.39. The molecule has 0 saturated carbocycles. The number of nitrogens with zero attached hydrogens (tertiary/aromatic N) is 2. The van der Waals surface area contributed by atoms with E-state index in [-0.39, 0.29) is 12.4 Å². The molecule has 1 N–H and O–H groups in total. The number of hydrogen-bond donors (Lipinski definition) is 1. The minimum atomic E-state index is -0.360. The average Bonchev–Trinajstić information content (AvgIpc) is 2.30. The summed E-state index contributed by atoms with van der Waals surface area (Å²) in [5.41, 5.74) is 1.08. The van der Waals surface area contributed by atoms with Crippen molar-refractivity contribution in [2.45, 2.75) is 6.54 Å². The molecule has 90 valence electrons. The molecule has 0 spiro atoms. The zero-order valence-corrected chi connectivity index (χ0v) is 9.56. The fraction of sp³-hybridized carbons (Fsp3) is 0.308. The molecule has 0 fully saturated rings. The Balaban J connectivity index is 2.87. The molecule has 0 unspecified atom stereocenters. The molecular weight excluding hydrogens is 219 g/mol. The van der Waals surface area contributed by atoms with Gasteiger partial charge in [-0.05, 0) is 23.8 Å². The maximum absolute atomic E-state index is 13.1. The van der Waals surface area contributed by atoms with Crippen LogP contribution >= 0.6 is 0 Å². The van der Waals surface area contributed by atoms with Crippen molar-refractivity contribution >= 4 is 0 Å². The molecule has 0 atom stereocenters. The van der Waals surface area contributed by atoms with E-state index in [0.717, 1.165) is 0 Å². The Morgan fingerprint density at radius 1 is 1.53 bits per heavy atom. The van der Waals surface area contributed by atoms with Crippen molar-refractivity contribution < 1.29 is 9.50 Å². The molecule has 0 saturated heterocycles. The monoisotopic (exact) mass is 234 g/mol. The van der Waals surface area contributed by atoms with Crippen LogP contribution < -0.4 is 0 Å². The molecule has 0 aliphatic carbocycles. The molecule has 4 heteroatoms. The Hall–Kier alpha value is -1.70. The largest absolute Gasteiger partial charge is 0.395 e. The Morgan fingerprint density at radius 2 is 2.29 bits per heavy atom. The highest BCUT2D eigenvalue weighted by molar-refractivity contribution is 5.37. The molecule has 0 aliphatic heterocycles. The van der Waals surface area contributed by atoms with Gasteiger partial charge in [0.25, 0.3) is 0 Å². The number of aliphatic hydroxyl groups is 1. The van der Waals surface area contributed by atoms with E-state index in [9.17, 15) is 4.39 Å². The van der Waals surface area contributed by atoms with Crippen LogP contribution in [0.3, 0.4) is 0 Å². The number of benzene rings is 1. The molecule has 0 radical (unpaired) electrons. The first-order chi connectivity index (χ1) is 8.21. The number of halogens is 1. The predicted molar refractivity (Wildman–Crippen MR) is 63.7 cm³/mol. The van der Waals surface area contributed by atoms with E-state index in [1.807, 2.05) is 11.0 Å². The summed E-state index contributed by atoms with van der Waals surface area (Å²) in [5.74, 6) is -0.360. The van der Waals surface area contributed by atoms with E-state index < -0.39 is 0 Å². The van der Waals surface area contributed by atoms with Crippen LogP contribution in [0.5, 0.6) is 0 Å². The molecule has 1 rings (SSSR count). The first-order valence-electron chi connectivity index (χ1n) is 5.34. The molecule has 1 aromatic carbocycles. The van der Waals surface area contributed by atoms with Crippen LogP contribution in [0.1, 0.15) is 11.1 Å². The van der Waals surface area contributed by atoms with Crippen molar-refractivity contribution in [3.8, 4) is 6.07 Å². The highest BCUT2D eigenvalue weighted by Gasteiger charge is 2.08. The third-order valence-electron chi connectivity index (χ3n) is 2.39. The van der Waals surface area contributed by atoms with E-state index in [0.29, 0.717) is 30.8 Å². The van der Waals surface area contributed by atoms with Gasteiger partial charge in [-0.1, -0.05) is 6.08 Å². The zero-order valence-electron chi connectivity index (χ0n) is 9.56. The lowest BCUT2D eigenvalue weighted by atomic mass is 10.1. The SMILES string of the molecule is C=CCN(CCO)Cc1cc(F)ccc1C#N. The van der Waals surface area contributed by atoms with Crippen molar-refractivity contribution in [3.05, 3.63) is 47.8 Å². The second-order valence-corrected chi connectivity index (χ2v) is 3.66. The van der Waals surface area contributed by atoms with Gasteiger partial charge in [-0.15, -0.1) is 6.58 Å². The van der Waals surface area contributed by atoms with Gasteiger partial charge in [0, 0.05) is 19.6 Å². The maximum Gasteiger partial charge on any atom is 0.123 e. The molecule has 0 aromatic heterocycles. The van der Waals surface area contributed by atoms with Crippen LogP contribution in [0.2, 0.25) is 0 Å². The van der Waals surface area contributed by atoms with Crippen molar-refractivity contribution in [2.24, 2.45) is 0 Å². The van der Waals surface area contributed by atoms with Gasteiger partial charge < -0.3 is 5.11 Å². The van der Waals surface area contributed by atoms with Gasteiger partial charge in [-0.25, -0.2) is 4.39 Å². The molecule has 0 heterocycles. The summed E-state index contributed by atoms with van der Waals surface area (Å²) in [7, 11) is 0. The van der Waals surface area contributed by atoms with Crippen LogP contribution in [0, 0.1) is 17.1 Å². The topological polar surface area (TPSA) is 47.3 Å². The van der Waals surface area contributed by atoms with Crippen molar-refractivity contribution in [1.82, 2.24) is 4.90 Å². The molecule has 17 heavy (non-hydrogen) atoms. The number of rotatable bonds is 6. The van der Waals surface area contributed by atoms with Gasteiger partial charge in [0.1, 0.15) is 5.82 Å². The second-order valence-electron chi connectivity index (χ2n) is 3.66. The van der Waals surface area contributed by atoms with Gasteiger partial charge in [0.05, 0.1) is 18.2 Å². The van der Waals surface area contributed by atoms with E-state index >= 15 is 0 Å². The van der Waals surface area contributed by atoms with E-state index in [4.69, 9.17) is 10.4 Å². The first-order valence-corrected chi connectivity index (χ1v) is 5.34. The van der Waals surface area contributed by atoms with Crippen LogP contribution in [0.25, 0.3) is 0 Å². The summed E-state index contributed by atoms with van der Waals surface area (Å²) in [6, 6.07) is 6.12. The molecule has 0 bridgehead atoms. The predicted octanol–water partition coefficient (Wildman–Crippen LogP) is 1.68. The van der Waals surface area contributed by atoms with E-state index in [1.54, 1.807) is 6.08 Å². The van der Waals surface area contributed by atoms with E-state index in [2.05, 4.69) is 6.58 Å². The summed E-state index contributed by atoms with van der Waals surface area (Å²) in [5, 5.41) is 17.8. The Kier molecular flexibility index (Phi) is 5.34. The second kappa shape index (κ2) is 6.79. The number of aliphatic hydroxyl groups excluding tert-OH is 1. The number of nitriles is 1. The lowest BCUT2D eigenvalue weighted by molar-refractivity contribution is 0.203. The standard InChI is InChI=1S/C13H15FN2O/c1-2-5-16(6-7-17)10-12-8-13(14)4-3-11(12)9-15/h2-4,8,17H,1,5-7,10H2. The minimum absolute atomic E-state index is 0.0189. The van der Waals surface area contributed by atoms with Crippen molar-refractivity contribution in [2.75, 3.05) is 19.7 Å². The van der Waals surface area contributed by atoms with Gasteiger partial charge in [0.2, 0.25) is 0 Å². The third kappa shape index (κ3) is 3.99. The molecule has 0 amide bonds. The van der Waals surface area contributed by atoms with Gasteiger partial charge in [-0.2, -0.15) is 5.26 Å². The number of hydrogen-bond acceptors (Lipinski definition) is 3. The highest BCUT2D eigenvalue weighted by atomic mass is 19.1. The van der Waals surface area contributed by atoms with E-state index in [1.165, 1.54) is 18.2 Å². The van der Waals surface area contributed by atoms with Crippen LogP contribution in [-0.4, -0.2) is 29.7 Å². The summed E-state index contributed by atoms with van der Waals surface area (Å²) >= 11 is 0. The van der Waals surface area contributed by atoms with Crippen LogP contribution in [0.4, 0.5) is 4.39 Å². The van der Waals surface area contributed by atoms with Crippen molar-refractivity contribution in [1.29, 1.82) is 5.26 Å². The Bertz CT molecular complexity index is 426. The van der Waals surface area contributed by atoms with Crippen LogP contribution in [-0.2, 0) is 6.54 Å². The quantitative estimate of drug-likeness (QED) is 0.762. The summed E-state index contributed by atoms with van der Waals surface area (Å²) in [6.45, 7) is 5.12. The molecule has 0 aliphatic rings. The van der Waals surface area contributed by atoms with Crippen molar-refractivity contribution in [3.63, 3.8) is 0 Å². The average molecular weight is 234 g/mol. The zero-order chi connectivity index (χ0) is 12.7. The fourth-order valence-electron chi connectivity index (χ4n) is 1.60. The lowest BCUT2D eigenvalue weighted by Crippen LogP contribution is -2.27.